The minimum absolute atomic E-state index is 0.0183. The lowest BCUT2D eigenvalue weighted by atomic mass is 10.0. The van der Waals surface area contributed by atoms with E-state index >= 15 is 0 Å². The molecule has 0 unspecified atom stereocenters. The van der Waals surface area contributed by atoms with Gasteiger partial charge in [-0.25, -0.2) is 4.79 Å². The summed E-state index contributed by atoms with van der Waals surface area (Å²) >= 11 is 1.57. The van der Waals surface area contributed by atoms with Crippen LogP contribution in [0.15, 0.2) is 0 Å². The zero-order valence-electron chi connectivity index (χ0n) is 16.0. The third-order valence-electron chi connectivity index (χ3n) is 6.42. The molecule has 0 aromatic carbocycles. The molecular formula is C20H29NO3S. The summed E-state index contributed by atoms with van der Waals surface area (Å²) < 4.78 is 5.29. The number of carbonyl (C=O) groups excluding carboxylic acids is 2. The van der Waals surface area contributed by atoms with Gasteiger partial charge in [0.2, 0.25) is 5.91 Å². The number of anilines is 1. The van der Waals surface area contributed by atoms with Crippen LogP contribution in [0.4, 0.5) is 5.00 Å². The summed E-state index contributed by atoms with van der Waals surface area (Å²) in [6.07, 6.45) is 5.31. The number of amides is 1. The van der Waals surface area contributed by atoms with E-state index in [1.54, 1.807) is 11.3 Å². The van der Waals surface area contributed by atoms with E-state index in [0.717, 1.165) is 31.2 Å². The van der Waals surface area contributed by atoms with E-state index in [1.807, 2.05) is 6.92 Å². The first kappa shape index (κ1) is 18.4. The third-order valence-corrected chi connectivity index (χ3v) is 7.63. The lowest BCUT2D eigenvalue weighted by molar-refractivity contribution is -0.118. The van der Waals surface area contributed by atoms with E-state index in [2.05, 4.69) is 33.0 Å². The maximum absolute atomic E-state index is 12.9. The molecular weight excluding hydrogens is 334 g/mol. The number of carbonyl (C=O) groups is 2. The molecule has 1 aromatic heterocycles. The largest absolute Gasteiger partial charge is 0.462 e. The van der Waals surface area contributed by atoms with Gasteiger partial charge in [-0.15, -0.1) is 11.3 Å². The number of esters is 1. The average Bonchev–Trinajstić information content (AvgIpc) is 2.85. The Balaban J connectivity index is 1.91. The summed E-state index contributed by atoms with van der Waals surface area (Å²) in [5.74, 6) is -0.305. The van der Waals surface area contributed by atoms with Crippen molar-refractivity contribution in [2.75, 3.05) is 11.9 Å². The maximum Gasteiger partial charge on any atom is 0.341 e. The molecule has 1 heterocycles. The zero-order chi connectivity index (χ0) is 18.4. The highest BCUT2D eigenvalue weighted by Crippen LogP contribution is 2.68. The summed E-state index contributed by atoms with van der Waals surface area (Å²) in [6.45, 7) is 10.7. The summed E-state index contributed by atoms with van der Waals surface area (Å²) in [4.78, 5) is 26.7. The quantitative estimate of drug-likeness (QED) is 0.617. The van der Waals surface area contributed by atoms with Gasteiger partial charge in [-0.05, 0) is 49.0 Å². The van der Waals surface area contributed by atoms with Gasteiger partial charge in [0.15, 0.2) is 0 Å². The van der Waals surface area contributed by atoms with Gasteiger partial charge in [0.1, 0.15) is 5.00 Å². The Bertz CT molecular complexity index is 688. The Morgan fingerprint density at radius 3 is 2.36 bits per heavy atom. The lowest BCUT2D eigenvalue weighted by Gasteiger charge is -2.09. The van der Waals surface area contributed by atoms with Crippen LogP contribution in [-0.4, -0.2) is 18.5 Å². The summed E-state index contributed by atoms with van der Waals surface area (Å²) in [6, 6.07) is 0. The Kier molecular flexibility index (Phi) is 4.73. The van der Waals surface area contributed by atoms with Gasteiger partial charge in [0.25, 0.3) is 0 Å². The van der Waals surface area contributed by atoms with Crippen molar-refractivity contribution in [3.8, 4) is 0 Å². The summed E-state index contributed by atoms with van der Waals surface area (Å²) in [5.41, 5.74) is 1.67. The van der Waals surface area contributed by atoms with Gasteiger partial charge in [0, 0.05) is 10.8 Å². The molecule has 3 rings (SSSR count). The van der Waals surface area contributed by atoms with Crippen LogP contribution in [0.3, 0.4) is 0 Å². The van der Waals surface area contributed by atoms with Gasteiger partial charge < -0.3 is 10.1 Å². The van der Waals surface area contributed by atoms with Gasteiger partial charge in [0.05, 0.1) is 12.2 Å². The molecule has 2 aliphatic carbocycles. The van der Waals surface area contributed by atoms with Crippen LogP contribution in [0.2, 0.25) is 0 Å². The number of ether oxygens (including phenoxy) is 1. The van der Waals surface area contributed by atoms with E-state index in [0.29, 0.717) is 17.2 Å². The molecule has 0 atom stereocenters. The Hall–Kier alpha value is -1.36. The molecule has 0 saturated heterocycles. The molecule has 1 amide bonds. The van der Waals surface area contributed by atoms with Crippen molar-refractivity contribution >= 4 is 28.2 Å². The average molecular weight is 364 g/mol. The zero-order valence-corrected chi connectivity index (χ0v) is 16.8. The van der Waals surface area contributed by atoms with Crippen molar-refractivity contribution in [2.45, 2.75) is 66.7 Å². The smallest absolute Gasteiger partial charge is 0.341 e. The predicted octanol–water partition coefficient (Wildman–Crippen LogP) is 4.81. The van der Waals surface area contributed by atoms with Crippen LogP contribution in [0.5, 0.6) is 0 Å². The van der Waals surface area contributed by atoms with Crippen molar-refractivity contribution in [2.24, 2.45) is 16.7 Å². The van der Waals surface area contributed by atoms with Crippen LogP contribution in [-0.2, 0) is 22.4 Å². The molecule has 0 spiro atoms. The second kappa shape index (κ2) is 6.42. The molecule has 2 aliphatic rings. The molecule has 5 heteroatoms. The van der Waals surface area contributed by atoms with Gasteiger partial charge in [-0.3, -0.25) is 4.79 Å². The van der Waals surface area contributed by atoms with E-state index in [9.17, 15) is 9.59 Å². The van der Waals surface area contributed by atoms with Crippen LogP contribution in [0, 0.1) is 16.7 Å². The molecule has 1 fully saturated rings. The van der Waals surface area contributed by atoms with Crippen LogP contribution in [0.1, 0.15) is 74.7 Å². The van der Waals surface area contributed by atoms with E-state index in [-0.39, 0.29) is 28.6 Å². The number of hydrogen-bond acceptors (Lipinski definition) is 4. The summed E-state index contributed by atoms with van der Waals surface area (Å²) in [7, 11) is 0. The first-order valence-corrected chi connectivity index (χ1v) is 10.2. The van der Waals surface area contributed by atoms with E-state index in [1.165, 1.54) is 11.3 Å². The Morgan fingerprint density at radius 1 is 1.12 bits per heavy atom. The molecule has 0 aliphatic heterocycles. The number of fused-ring (bicyclic) bond motifs is 1. The van der Waals surface area contributed by atoms with Crippen LogP contribution < -0.4 is 5.32 Å². The van der Waals surface area contributed by atoms with Crippen molar-refractivity contribution in [1.29, 1.82) is 0 Å². The second-order valence-corrected chi connectivity index (χ2v) is 9.46. The summed E-state index contributed by atoms with van der Waals surface area (Å²) in [5, 5.41) is 3.77. The first-order valence-electron chi connectivity index (χ1n) is 9.34. The maximum atomic E-state index is 12.9. The van der Waals surface area contributed by atoms with Gasteiger partial charge >= 0.3 is 5.97 Å². The van der Waals surface area contributed by atoms with Crippen molar-refractivity contribution in [3.05, 3.63) is 16.0 Å². The molecule has 138 valence electrons. The number of aryl methyl sites for hydroxylation is 1. The van der Waals surface area contributed by atoms with Crippen LogP contribution >= 0.6 is 11.3 Å². The molecule has 1 aromatic rings. The van der Waals surface area contributed by atoms with Crippen LogP contribution in [0.25, 0.3) is 0 Å². The SMILES string of the molecule is CCOC(=O)c1c(NC(=O)C2C(C)(C)C2(C)C)sc2c1CCCCC2. The molecule has 4 nitrogen and oxygen atoms in total. The molecule has 0 radical (unpaired) electrons. The predicted molar refractivity (Wildman–Crippen MR) is 101 cm³/mol. The topological polar surface area (TPSA) is 55.4 Å². The highest BCUT2D eigenvalue weighted by Gasteiger charge is 2.68. The normalized spacial score (nSPS) is 21.2. The number of rotatable bonds is 4. The fourth-order valence-corrected chi connectivity index (χ4v) is 5.57. The van der Waals surface area contributed by atoms with Crippen molar-refractivity contribution in [3.63, 3.8) is 0 Å². The minimum atomic E-state index is -0.300. The first-order chi connectivity index (χ1) is 11.7. The minimum Gasteiger partial charge on any atom is -0.462 e. The molecule has 25 heavy (non-hydrogen) atoms. The van der Waals surface area contributed by atoms with E-state index < -0.39 is 0 Å². The van der Waals surface area contributed by atoms with E-state index in [4.69, 9.17) is 4.74 Å². The Labute approximate surface area is 154 Å². The standard InChI is InChI=1S/C20H29NO3S/c1-6-24-18(23)14-12-10-8-7-9-11-13(12)25-17(14)21-16(22)15-19(2,3)20(15,4)5/h15H,6-11H2,1-5H3,(H,21,22). The molecule has 1 saturated carbocycles. The van der Waals surface area contributed by atoms with Gasteiger partial charge in [-0.2, -0.15) is 0 Å². The Morgan fingerprint density at radius 2 is 1.76 bits per heavy atom. The monoisotopic (exact) mass is 363 g/mol. The second-order valence-electron chi connectivity index (χ2n) is 8.35. The highest BCUT2D eigenvalue weighted by atomic mass is 32.1. The number of hydrogen-bond donors (Lipinski definition) is 1. The highest BCUT2D eigenvalue weighted by molar-refractivity contribution is 7.17. The fourth-order valence-electron chi connectivity index (χ4n) is 4.29. The number of thiophene rings is 1. The van der Waals surface area contributed by atoms with Crippen molar-refractivity contribution in [1.82, 2.24) is 0 Å². The molecule has 0 bridgehead atoms. The van der Waals surface area contributed by atoms with Crippen molar-refractivity contribution < 1.29 is 14.3 Å². The fraction of sp³-hybridized carbons (Fsp3) is 0.700. The lowest BCUT2D eigenvalue weighted by Crippen LogP contribution is -2.19. The molecule has 1 N–H and O–H groups in total. The third kappa shape index (κ3) is 3.01. The number of nitrogens with one attached hydrogen (secondary N) is 1. The van der Waals surface area contributed by atoms with Gasteiger partial charge in [-0.1, -0.05) is 34.1 Å².